The molecular formula is C21H28N2O2. The summed E-state index contributed by atoms with van der Waals surface area (Å²) in [5.41, 5.74) is 3.45. The van der Waals surface area contributed by atoms with Gasteiger partial charge in [-0.2, -0.15) is 0 Å². The Morgan fingerprint density at radius 3 is 2.76 bits per heavy atom. The molecule has 0 spiro atoms. The van der Waals surface area contributed by atoms with E-state index in [-0.39, 0.29) is 17.6 Å². The van der Waals surface area contributed by atoms with Crippen LogP contribution >= 0.6 is 0 Å². The topological polar surface area (TPSA) is 42.4 Å². The van der Waals surface area contributed by atoms with Gasteiger partial charge in [-0.15, -0.1) is 0 Å². The molecule has 1 aliphatic heterocycles. The Labute approximate surface area is 150 Å². The van der Waals surface area contributed by atoms with Gasteiger partial charge >= 0.3 is 0 Å². The van der Waals surface area contributed by atoms with E-state index in [9.17, 15) is 4.79 Å². The van der Waals surface area contributed by atoms with E-state index in [1.807, 2.05) is 30.9 Å². The van der Waals surface area contributed by atoms with E-state index >= 15 is 0 Å². The number of benzene rings is 1. The smallest absolute Gasteiger partial charge is 0.255 e. The lowest BCUT2D eigenvalue weighted by Gasteiger charge is -2.41. The SMILES string of the molecule is CCN(C(=O)c1cc2cc(C)ccc2nc1C)C1CCOC(C)(C)C1. The number of hydrogen-bond acceptors (Lipinski definition) is 3. The average molecular weight is 340 g/mol. The summed E-state index contributed by atoms with van der Waals surface area (Å²) in [5, 5.41) is 1.03. The van der Waals surface area contributed by atoms with Crippen LogP contribution in [-0.4, -0.2) is 40.6 Å². The van der Waals surface area contributed by atoms with Crippen LogP contribution in [0.25, 0.3) is 10.9 Å². The number of aryl methyl sites for hydroxylation is 2. The molecule has 1 atom stereocenters. The third-order valence-electron chi connectivity index (χ3n) is 5.10. The Morgan fingerprint density at radius 1 is 1.32 bits per heavy atom. The van der Waals surface area contributed by atoms with Gasteiger partial charge < -0.3 is 9.64 Å². The lowest BCUT2D eigenvalue weighted by molar-refractivity contribution is -0.0777. The minimum atomic E-state index is -0.176. The van der Waals surface area contributed by atoms with Gasteiger partial charge in [-0.05, 0) is 65.7 Å². The Balaban J connectivity index is 1.95. The van der Waals surface area contributed by atoms with Crippen LogP contribution in [0.3, 0.4) is 0 Å². The standard InChI is InChI=1S/C21H28N2O2/c1-6-23(17-9-10-25-21(4,5)13-17)20(24)18-12-16-11-14(2)7-8-19(16)22-15(18)3/h7-8,11-12,17H,6,9-10,13H2,1-5H3. The Hall–Kier alpha value is -1.94. The fraction of sp³-hybridized carbons (Fsp3) is 0.524. The minimum Gasteiger partial charge on any atom is -0.375 e. The van der Waals surface area contributed by atoms with Crippen molar-refractivity contribution in [1.82, 2.24) is 9.88 Å². The second kappa shape index (κ2) is 6.75. The molecule has 1 saturated heterocycles. The summed E-state index contributed by atoms with van der Waals surface area (Å²) in [6.07, 6.45) is 1.76. The molecule has 3 rings (SSSR count). The van der Waals surface area contributed by atoms with E-state index in [4.69, 9.17) is 4.74 Å². The number of rotatable bonds is 3. The van der Waals surface area contributed by atoms with E-state index < -0.39 is 0 Å². The van der Waals surface area contributed by atoms with Crippen molar-refractivity contribution < 1.29 is 9.53 Å². The first kappa shape index (κ1) is 17.9. The van der Waals surface area contributed by atoms with Gasteiger partial charge in [0.05, 0.1) is 22.4 Å². The van der Waals surface area contributed by atoms with Crippen LogP contribution in [-0.2, 0) is 4.74 Å². The first-order valence-corrected chi connectivity index (χ1v) is 9.13. The quantitative estimate of drug-likeness (QED) is 0.838. The van der Waals surface area contributed by atoms with Crippen molar-refractivity contribution in [1.29, 1.82) is 0 Å². The second-order valence-corrected chi connectivity index (χ2v) is 7.66. The molecule has 0 aliphatic carbocycles. The van der Waals surface area contributed by atoms with Crippen molar-refractivity contribution in [3.05, 3.63) is 41.1 Å². The predicted molar refractivity (Wildman–Crippen MR) is 101 cm³/mol. The Kier molecular flexibility index (Phi) is 4.83. The highest BCUT2D eigenvalue weighted by atomic mass is 16.5. The monoisotopic (exact) mass is 340 g/mol. The number of pyridine rings is 1. The van der Waals surface area contributed by atoms with Crippen molar-refractivity contribution >= 4 is 16.8 Å². The molecule has 1 aliphatic rings. The molecule has 0 radical (unpaired) electrons. The number of carbonyl (C=O) groups is 1. The van der Waals surface area contributed by atoms with Crippen molar-refractivity contribution in [2.75, 3.05) is 13.2 Å². The molecule has 1 amide bonds. The fourth-order valence-corrected chi connectivity index (χ4v) is 3.80. The van der Waals surface area contributed by atoms with Gasteiger partial charge in [-0.1, -0.05) is 11.6 Å². The molecule has 1 unspecified atom stereocenters. The van der Waals surface area contributed by atoms with Gasteiger partial charge in [-0.3, -0.25) is 9.78 Å². The number of aromatic nitrogens is 1. The van der Waals surface area contributed by atoms with Crippen LogP contribution in [0.2, 0.25) is 0 Å². The zero-order valence-corrected chi connectivity index (χ0v) is 15.9. The van der Waals surface area contributed by atoms with Crippen molar-refractivity contribution in [3.63, 3.8) is 0 Å². The zero-order valence-electron chi connectivity index (χ0n) is 15.9. The highest BCUT2D eigenvalue weighted by Gasteiger charge is 2.34. The van der Waals surface area contributed by atoms with Crippen LogP contribution < -0.4 is 0 Å². The van der Waals surface area contributed by atoms with Crippen LogP contribution in [0, 0.1) is 13.8 Å². The summed E-state index contributed by atoms with van der Waals surface area (Å²) in [6.45, 7) is 11.6. The van der Waals surface area contributed by atoms with E-state index in [0.717, 1.165) is 29.4 Å². The van der Waals surface area contributed by atoms with Gasteiger partial charge in [0.2, 0.25) is 0 Å². The maximum absolute atomic E-state index is 13.3. The van der Waals surface area contributed by atoms with Gasteiger partial charge in [0.25, 0.3) is 5.91 Å². The molecule has 4 nitrogen and oxygen atoms in total. The molecule has 2 heterocycles. The number of nitrogens with zero attached hydrogens (tertiary/aromatic N) is 2. The molecule has 4 heteroatoms. The van der Waals surface area contributed by atoms with Crippen LogP contribution in [0.1, 0.15) is 55.2 Å². The molecule has 0 bridgehead atoms. The highest BCUT2D eigenvalue weighted by Crippen LogP contribution is 2.29. The van der Waals surface area contributed by atoms with Crippen molar-refractivity contribution in [2.45, 2.75) is 59.1 Å². The van der Waals surface area contributed by atoms with Crippen molar-refractivity contribution in [2.24, 2.45) is 0 Å². The molecule has 0 N–H and O–H groups in total. The highest BCUT2D eigenvalue weighted by molar-refractivity contribution is 5.98. The second-order valence-electron chi connectivity index (χ2n) is 7.66. The fourth-order valence-electron chi connectivity index (χ4n) is 3.80. The zero-order chi connectivity index (χ0) is 18.2. The molecule has 2 aromatic rings. The lowest BCUT2D eigenvalue weighted by atomic mass is 9.92. The van der Waals surface area contributed by atoms with E-state index in [1.165, 1.54) is 5.56 Å². The molecular weight excluding hydrogens is 312 g/mol. The van der Waals surface area contributed by atoms with Gasteiger partial charge in [-0.25, -0.2) is 0 Å². The number of amides is 1. The summed E-state index contributed by atoms with van der Waals surface area (Å²) >= 11 is 0. The molecule has 1 aromatic carbocycles. The van der Waals surface area contributed by atoms with Gasteiger partial charge in [0, 0.05) is 24.6 Å². The largest absolute Gasteiger partial charge is 0.375 e. The molecule has 0 saturated carbocycles. The van der Waals surface area contributed by atoms with Crippen LogP contribution in [0.4, 0.5) is 0 Å². The van der Waals surface area contributed by atoms with E-state index in [0.29, 0.717) is 18.7 Å². The summed E-state index contributed by atoms with van der Waals surface area (Å²) in [6, 6.07) is 8.38. The molecule has 1 aromatic heterocycles. The maximum Gasteiger partial charge on any atom is 0.255 e. The van der Waals surface area contributed by atoms with Gasteiger partial charge in [0.15, 0.2) is 0 Å². The first-order valence-electron chi connectivity index (χ1n) is 9.13. The third-order valence-corrected chi connectivity index (χ3v) is 5.10. The number of carbonyl (C=O) groups excluding carboxylic acids is 1. The van der Waals surface area contributed by atoms with E-state index in [2.05, 4.69) is 37.9 Å². The summed E-state index contributed by atoms with van der Waals surface area (Å²) in [5.74, 6) is 0.0820. The van der Waals surface area contributed by atoms with Gasteiger partial charge in [0.1, 0.15) is 0 Å². The third kappa shape index (κ3) is 3.69. The predicted octanol–water partition coefficient (Wildman–Crippen LogP) is 4.27. The Morgan fingerprint density at radius 2 is 2.08 bits per heavy atom. The van der Waals surface area contributed by atoms with Crippen LogP contribution in [0.15, 0.2) is 24.3 Å². The minimum absolute atomic E-state index is 0.0820. The molecule has 25 heavy (non-hydrogen) atoms. The summed E-state index contributed by atoms with van der Waals surface area (Å²) < 4.78 is 5.82. The maximum atomic E-state index is 13.3. The molecule has 1 fully saturated rings. The van der Waals surface area contributed by atoms with E-state index in [1.54, 1.807) is 0 Å². The lowest BCUT2D eigenvalue weighted by Crippen LogP contribution is -2.48. The summed E-state index contributed by atoms with van der Waals surface area (Å²) in [4.78, 5) is 19.9. The number of hydrogen-bond donors (Lipinski definition) is 0. The number of ether oxygens (including phenoxy) is 1. The first-order chi connectivity index (χ1) is 11.8. The molecule has 134 valence electrons. The van der Waals surface area contributed by atoms with Crippen LogP contribution in [0.5, 0.6) is 0 Å². The number of fused-ring (bicyclic) bond motifs is 1. The van der Waals surface area contributed by atoms with Crippen molar-refractivity contribution in [3.8, 4) is 0 Å². The summed E-state index contributed by atoms with van der Waals surface area (Å²) in [7, 11) is 0. The Bertz CT molecular complexity index is 798. The normalized spacial score (nSPS) is 19.8. The average Bonchev–Trinajstić information content (AvgIpc) is 2.54.